The van der Waals surface area contributed by atoms with Crippen LogP contribution in [0, 0.1) is 5.41 Å². The van der Waals surface area contributed by atoms with Crippen molar-refractivity contribution in [3.05, 3.63) is 57.8 Å². The molecule has 2 aromatic rings. The molecule has 26 heavy (non-hydrogen) atoms. The molecule has 1 aromatic carbocycles. The van der Waals surface area contributed by atoms with E-state index < -0.39 is 0 Å². The van der Waals surface area contributed by atoms with Crippen molar-refractivity contribution in [2.45, 2.75) is 19.9 Å². The lowest BCUT2D eigenvalue weighted by atomic mass is 9.90. The molecule has 0 bridgehead atoms. The molecule has 0 radical (unpaired) electrons. The van der Waals surface area contributed by atoms with Crippen LogP contribution < -0.4 is 11.1 Å². The lowest BCUT2D eigenvalue weighted by molar-refractivity contribution is 0.0776. The number of hydrogen-bond donors (Lipinski definition) is 2. The van der Waals surface area contributed by atoms with Crippen LogP contribution in [0.4, 0.5) is 0 Å². The molecule has 1 fully saturated rings. The number of rotatable bonds is 5. The van der Waals surface area contributed by atoms with Crippen LogP contribution in [0.2, 0.25) is 0 Å². The summed E-state index contributed by atoms with van der Waals surface area (Å²) in [6.45, 7) is 4.63. The fourth-order valence-corrected chi connectivity index (χ4v) is 3.63. The summed E-state index contributed by atoms with van der Waals surface area (Å²) in [5.41, 5.74) is 7.48. The van der Waals surface area contributed by atoms with Crippen LogP contribution in [-0.4, -0.2) is 36.3 Å². The summed E-state index contributed by atoms with van der Waals surface area (Å²) >= 11 is 1.42. The van der Waals surface area contributed by atoms with Crippen molar-refractivity contribution in [2.75, 3.05) is 19.6 Å². The number of nitrogens with one attached hydrogen (secondary N) is 1. The van der Waals surface area contributed by atoms with Crippen LogP contribution in [-0.2, 0) is 6.54 Å². The lowest BCUT2D eigenvalue weighted by Gasteiger charge is -2.22. The third kappa shape index (κ3) is 4.63. The number of halogens is 1. The van der Waals surface area contributed by atoms with Gasteiger partial charge in [0.25, 0.3) is 11.8 Å². The second-order valence-corrected chi connectivity index (χ2v) is 7.80. The summed E-state index contributed by atoms with van der Waals surface area (Å²) < 4.78 is 0. The number of nitrogens with zero attached hydrogens (tertiary/aromatic N) is 1. The van der Waals surface area contributed by atoms with Gasteiger partial charge in [-0.15, -0.1) is 23.7 Å². The Kier molecular flexibility index (Phi) is 6.81. The first-order valence-electron chi connectivity index (χ1n) is 8.41. The molecule has 7 heteroatoms. The molecule has 5 nitrogen and oxygen atoms in total. The molecule has 1 aromatic heterocycles. The summed E-state index contributed by atoms with van der Waals surface area (Å²) in [5, 5.41) is 4.76. The first-order chi connectivity index (χ1) is 12.0. The quantitative estimate of drug-likeness (QED) is 0.820. The highest BCUT2D eigenvalue weighted by molar-refractivity contribution is 7.12. The maximum atomic E-state index is 12.6. The van der Waals surface area contributed by atoms with Crippen molar-refractivity contribution >= 4 is 35.6 Å². The van der Waals surface area contributed by atoms with E-state index in [-0.39, 0.29) is 29.6 Å². The predicted molar refractivity (Wildman–Crippen MR) is 107 cm³/mol. The zero-order chi connectivity index (χ0) is 17.9. The van der Waals surface area contributed by atoms with Gasteiger partial charge in [0.05, 0.1) is 4.88 Å². The number of carbonyl (C=O) groups is 2. The molecule has 0 spiro atoms. The first-order valence-corrected chi connectivity index (χ1v) is 9.29. The van der Waals surface area contributed by atoms with Crippen molar-refractivity contribution < 1.29 is 9.59 Å². The third-order valence-electron chi connectivity index (χ3n) is 4.74. The second kappa shape index (κ2) is 8.66. The highest BCUT2D eigenvalue weighted by Crippen LogP contribution is 2.29. The molecule has 2 amide bonds. The van der Waals surface area contributed by atoms with Gasteiger partial charge in [0, 0.05) is 25.2 Å². The molecular weight excluding hydrogens is 370 g/mol. The zero-order valence-corrected chi connectivity index (χ0v) is 16.4. The monoisotopic (exact) mass is 393 g/mol. The molecule has 0 saturated carbocycles. The Hall–Kier alpha value is -1.89. The SMILES string of the molecule is CC1(CN)CCN(C(=O)c2ccc(CNC(=O)c3cccs3)cc2)C1.Cl. The van der Waals surface area contributed by atoms with Crippen LogP contribution in [0.25, 0.3) is 0 Å². The van der Waals surface area contributed by atoms with E-state index in [1.807, 2.05) is 40.6 Å². The summed E-state index contributed by atoms with van der Waals surface area (Å²) in [6, 6.07) is 11.1. The number of carbonyl (C=O) groups excluding carboxylic acids is 2. The largest absolute Gasteiger partial charge is 0.347 e. The Bertz CT molecular complexity index is 749. The molecule has 0 aliphatic carbocycles. The van der Waals surface area contributed by atoms with Gasteiger partial charge in [0.1, 0.15) is 0 Å². The van der Waals surface area contributed by atoms with E-state index >= 15 is 0 Å². The van der Waals surface area contributed by atoms with E-state index in [1.165, 1.54) is 11.3 Å². The van der Waals surface area contributed by atoms with Crippen LogP contribution in [0.5, 0.6) is 0 Å². The third-order valence-corrected chi connectivity index (χ3v) is 5.61. The highest BCUT2D eigenvalue weighted by atomic mass is 35.5. The van der Waals surface area contributed by atoms with Crippen LogP contribution in [0.3, 0.4) is 0 Å². The van der Waals surface area contributed by atoms with Gasteiger partial charge in [0.2, 0.25) is 0 Å². The van der Waals surface area contributed by atoms with Gasteiger partial charge in [-0.25, -0.2) is 0 Å². The highest BCUT2D eigenvalue weighted by Gasteiger charge is 2.35. The number of hydrogen-bond acceptors (Lipinski definition) is 4. The van der Waals surface area contributed by atoms with E-state index in [4.69, 9.17) is 5.73 Å². The molecule has 1 aliphatic heterocycles. The van der Waals surface area contributed by atoms with Crippen molar-refractivity contribution in [3.8, 4) is 0 Å². The minimum Gasteiger partial charge on any atom is -0.347 e. The minimum absolute atomic E-state index is 0. The van der Waals surface area contributed by atoms with E-state index in [9.17, 15) is 9.59 Å². The molecule has 140 valence electrons. The predicted octanol–water partition coefficient (Wildman–Crippen LogP) is 2.91. The van der Waals surface area contributed by atoms with Crippen LogP contribution in [0.15, 0.2) is 41.8 Å². The Balaban J connectivity index is 0.00000243. The normalized spacial score (nSPS) is 19.1. The average molecular weight is 394 g/mol. The van der Waals surface area contributed by atoms with Gasteiger partial charge < -0.3 is 16.0 Å². The molecule has 3 N–H and O–H groups in total. The van der Waals surface area contributed by atoms with E-state index in [2.05, 4.69) is 12.2 Å². The van der Waals surface area contributed by atoms with Crippen molar-refractivity contribution in [1.29, 1.82) is 0 Å². The number of likely N-dealkylation sites (tertiary alicyclic amines) is 1. The molecule has 1 unspecified atom stereocenters. The van der Waals surface area contributed by atoms with Gasteiger partial charge >= 0.3 is 0 Å². The standard InChI is InChI=1S/C19H23N3O2S.ClH/c1-19(12-20)8-9-22(13-19)18(24)15-6-4-14(5-7-15)11-21-17(23)16-3-2-10-25-16;/h2-7,10H,8-9,11-13,20H2,1H3,(H,21,23);1H. The summed E-state index contributed by atoms with van der Waals surface area (Å²) in [4.78, 5) is 27.1. The Morgan fingerprint density at radius 1 is 1.27 bits per heavy atom. The lowest BCUT2D eigenvalue weighted by Crippen LogP contribution is -2.34. The van der Waals surface area contributed by atoms with Crippen LogP contribution >= 0.6 is 23.7 Å². The fraction of sp³-hybridized carbons (Fsp3) is 0.368. The number of benzene rings is 1. The smallest absolute Gasteiger partial charge is 0.261 e. The minimum atomic E-state index is -0.0757. The van der Waals surface area contributed by atoms with Gasteiger partial charge in [0.15, 0.2) is 0 Å². The summed E-state index contributed by atoms with van der Waals surface area (Å²) in [6.07, 6.45) is 0.947. The molecule has 2 heterocycles. The first kappa shape index (κ1) is 20.4. The van der Waals surface area contributed by atoms with Gasteiger partial charge in [-0.05, 0) is 47.5 Å². The summed E-state index contributed by atoms with van der Waals surface area (Å²) in [7, 11) is 0. The molecule has 1 saturated heterocycles. The van der Waals surface area contributed by atoms with Crippen molar-refractivity contribution in [3.63, 3.8) is 0 Å². The van der Waals surface area contributed by atoms with Gasteiger partial charge in [-0.2, -0.15) is 0 Å². The van der Waals surface area contributed by atoms with Crippen molar-refractivity contribution in [2.24, 2.45) is 11.1 Å². The number of nitrogens with two attached hydrogens (primary N) is 1. The second-order valence-electron chi connectivity index (χ2n) is 6.85. The zero-order valence-electron chi connectivity index (χ0n) is 14.7. The van der Waals surface area contributed by atoms with E-state index in [0.29, 0.717) is 30.1 Å². The van der Waals surface area contributed by atoms with Crippen molar-refractivity contribution in [1.82, 2.24) is 10.2 Å². The number of thiophene rings is 1. The molecule has 1 atom stereocenters. The average Bonchev–Trinajstić information content (AvgIpc) is 3.30. The Labute approximate surface area is 164 Å². The maximum absolute atomic E-state index is 12.6. The maximum Gasteiger partial charge on any atom is 0.261 e. The molecule has 1 aliphatic rings. The van der Waals surface area contributed by atoms with E-state index in [1.54, 1.807) is 6.07 Å². The van der Waals surface area contributed by atoms with Gasteiger partial charge in [-0.1, -0.05) is 25.1 Å². The van der Waals surface area contributed by atoms with Gasteiger partial charge in [-0.3, -0.25) is 9.59 Å². The topological polar surface area (TPSA) is 75.4 Å². The van der Waals surface area contributed by atoms with Crippen LogP contribution in [0.1, 0.15) is 38.9 Å². The fourth-order valence-electron chi connectivity index (χ4n) is 2.99. The Morgan fingerprint density at radius 2 is 2.00 bits per heavy atom. The molecular formula is C19H24ClN3O2S. The Morgan fingerprint density at radius 3 is 2.58 bits per heavy atom. The number of amides is 2. The van der Waals surface area contributed by atoms with E-state index in [0.717, 1.165) is 18.5 Å². The molecule has 3 rings (SSSR count). The summed E-state index contributed by atoms with van der Waals surface area (Å²) in [5.74, 6) is -0.0281.